The summed E-state index contributed by atoms with van der Waals surface area (Å²) in [5.74, 6) is 1.41. The Kier molecular flexibility index (Phi) is 6.00. The highest BCUT2D eigenvalue weighted by molar-refractivity contribution is 5.94. The molecule has 0 atom stereocenters. The lowest BCUT2D eigenvalue weighted by Crippen LogP contribution is -2.00. The average molecular weight is 351 g/mol. The molecule has 3 heteroatoms. The summed E-state index contributed by atoms with van der Waals surface area (Å²) < 4.78 is 5.91. The third kappa shape index (κ3) is 3.63. The predicted octanol–water partition coefficient (Wildman–Crippen LogP) is 5.64. The molecule has 3 nitrogen and oxygen atoms in total. The second kappa shape index (κ2) is 8.41. The molecule has 1 aromatic heterocycles. The highest BCUT2D eigenvalue weighted by Gasteiger charge is 2.18. The lowest BCUT2D eigenvalue weighted by molar-refractivity contribution is 0.341. The number of unbranched alkanes of at least 4 members (excludes halogenated alkanes) is 1. The van der Waals surface area contributed by atoms with Crippen LogP contribution in [0, 0.1) is 0 Å². The smallest absolute Gasteiger partial charge is 0.128 e. The summed E-state index contributed by atoms with van der Waals surface area (Å²) in [5.41, 5.74) is 12.1. The molecule has 0 aliphatic heterocycles. The van der Waals surface area contributed by atoms with E-state index in [1.807, 2.05) is 13.0 Å². The molecule has 0 aliphatic carbocycles. The SMILES string of the molecule is CCOc1ccccc1-c1[nH]c2c(C(C)C)cccc2c1CCCCN. The first-order valence-corrected chi connectivity index (χ1v) is 9.73. The molecule has 2 aromatic carbocycles. The van der Waals surface area contributed by atoms with E-state index in [4.69, 9.17) is 10.5 Å². The number of aryl methyl sites for hydroxylation is 1. The van der Waals surface area contributed by atoms with Crippen molar-refractivity contribution >= 4 is 10.9 Å². The molecule has 0 saturated heterocycles. The topological polar surface area (TPSA) is 51.0 Å². The summed E-state index contributed by atoms with van der Waals surface area (Å²) in [7, 11) is 0. The Labute approximate surface area is 156 Å². The molecule has 0 spiro atoms. The van der Waals surface area contributed by atoms with Gasteiger partial charge in [-0.15, -0.1) is 0 Å². The summed E-state index contributed by atoms with van der Waals surface area (Å²) in [6.45, 7) is 7.93. The molecule has 0 radical (unpaired) electrons. The van der Waals surface area contributed by atoms with E-state index in [1.165, 1.54) is 27.7 Å². The van der Waals surface area contributed by atoms with Gasteiger partial charge in [-0.3, -0.25) is 0 Å². The lowest BCUT2D eigenvalue weighted by atomic mass is 9.96. The van der Waals surface area contributed by atoms with Crippen LogP contribution in [0.15, 0.2) is 42.5 Å². The Morgan fingerprint density at radius 3 is 2.58 bits per heavy atom. The molecule has 0 unspecified atom stereocenters. The number of aromatic amines is 1. The Balaban J connectivity index is 2.20. The minimum atomic E-state index is 0.476. The molecule has 3 rings (SSSR count). The van der Waals surface area contributed by atoms with Gasteiger partial charge in [-0.25, -0.2) is 0 Å². The van der Waals surface area contributed by atoms with Crippen molar-refractivity contribution in [3.63, 3.8) is 0 Å². The second-order valence-electron chi connectivity index (χ2n) is 7.08. The van der Waals surface area contributed by atoms with Crippen molar-refractivity contribution in [3.05, 3.63) is 53.6 Å². The maximum Gasteiger partial charge on any atom is 0.128 e. The number of benzene rings is 2. The first-order valence-electron chi connectivity index (χ1n) is 9.73. The van der Waals surface area contributed by atoms with E-state index in [0.717, 1.165) is 37.1 Å². The molecule has 0 amide bonds. The minimum Gasteiger partial charge on any atom is -0.493 e. The van der Waals surface area contributed by atoms with E-state index in [9.17, 15) is 0 Å². The van der Waals surface area contributed by atoms with Gasteiger partial charge in [0, 0.05) is 16.5 Å². The van der Waals surface area contributed by atoms with Crippen molar-refractivity contribution in [2.45, 2.75) is 46.0 Å². The van der Waals surface area contributed by atoms with Gasteiger partial charge in [0.2, 0.25) is 0 Å². The van der Waals surface area contributed by atoms with E-state index < -0.39 is 0 Å². The van der Waals surface area contributed by atoms with Gasteiger partial charge in [0.1, 0.15) is 5.75 Å². The number of aromatic nitrogens is 1. The maximum absolute atomic E-state index is 5.91. The molecule has 1 heterocycles. The van der Waals surface area contributed by atoms with Crippen molar-refractivity contribution in [3.8, 4) is 17.0 Å². The van der Waals surface area contributed by atoms with Crippen molar-refractivity contribution in [2.75, 3.05) is 13.2 Å². The molecule has 0 fully saturated rings. The highest BCUT2D eigenvalue weighted by Crippen LogP contribution is 2.38. The fourth-order valence-corrected chi connectivity index (χ4v) is 3.67. The zero-order valence-corrected chi connectivity index (χ0v) is 16.1. The third-order valence-electron chi connectivity index (χ3n) is 4.93. The summed E-state index contributed by atoms with van der Waals surface area (Å²) in [6, 6.07) is 15.0. The van der Waals surface area contributed by atoms with Gasteiger partial charge < -0.3 is 15.5 Å². The van der Waals surface area contributed by atoms with Crippen LogP contribution >= 0.6 is 0 Å². The van der Waals surface area contributed by atoms with Crippen LogP contribution in [0.1, 0.15) is 50.7 Å². The standard InChI is InChI=1S/C23H30N2O/c1-4-26-21-14-6-5-11-20(21)23-18(10-7-8-15-24)19-13-9-12-17(16(2)3)22(19)25-23/h5-6,9,11-14,16,25H,4,7-8,10,15,24H2,1-3H3. The lowest BCUT2D eigenvalue weighted by Gasteiger charge is -2.11. The number of ether oxygens (including phenoxy) is 1. The Hall–Kier alpha value is -2.26. The van der Waals surface area contributed by atoms with Crippen LogP contribution in [-0.4, -0.2) is 18.1 Å². The molecular formula is C23H30N2O. The monoisotopic (exact) mass is 350 g/mol. The van der Waals surface area contributed by atoms with E-state index >= 15 is 0 Å². The Bertz CT molecular complexity index is 864. The minimum absolute atomic E-state index is 0.476. The van der Waals surface area contributed by atoms with Crippen molar-refractivity contribution < 1.29 is 4.74 Å². The van der Waals surface area contributed by atoms with E-state index in [2.05, 4.69) is 55.2 Å². The quantitative estimate of drug-likeness (QED) is 0.517. The van der Waals surface area contributed by atoms with Crippen molar-refractivity contribution in [2.24, 2.45) is 5.73 Å². The number of rotatable bonds is 8. The van der Waals surface area contributed by atoms with Crippen molar-refractivity contribution in [1.82, 2.24) is 4.98 Å². The van der Waals surface area contributed by atoms with E-state index in [1.54, 1.807) is 0 Å². The summed E-state index contributed by atoms with van der Waals surface area (Å²) in [4.78, 5) is 3.74. The van der Waals surface area contributed by atoms with Crippen LogP contribution in [0.2, 0.25) is 0 Å². The third-order valence-corrected chi connectivity index (χ3v) is 4.93. The molecular weight excluding hydrogens is 320 g/mol. The second-order valence-corrected chi connectivity index (χ2v) is 7.08. The van der Waals surface area contributed by atoms with E-state index in [0.29, 0.717) is 12.5 Å². The number of hydrogen-bond donors (Lipinski definition) is 2. The first-order chi connectivity index (χ1) is 12.7. The molecule has 138 valence electrons. The fourth-order valence-electron chi connectivity index (χ4n) is 3.67. The van der Waals surface area contributed by atoms with Crippen LogP contribution in [0.5, 0.6) is 5.75 Å². The largest absolute Gasteiger partial charge is 0.493 e. The number of para-hydroxylation sites is 2. The summed E-state index contributed by atoms with van der Waals surface area (Å²) in [5, 5.41) is 1.33. The normalized spacial score (nSPS) is 11.4. The van der Waals surface area contributed by atoms with Crippen LogP contribution in [-0.2, 0) is 6.42 Å². The van der Waals surface area contributed by atoms with Gasteiger partial charge in [-0.05, 0) is 61.9 Å². The number of hydrogen-bond acceptors (Lipinski definition) is 2. The van der Waals surface area contributed by atoms with E-state index in [-0.39, 0.29) is 0 Å². The fraction of sp³-hybridized carbons (Fsp3) is 0.391. The first kappa shape index (κ1) is 18.5. The molecule has 3 aromatic rings. The van der Waals surface area contributed by atoms with Gasteiger partial charge in [0.25, 0.3) is 0 Å². The summed E-state index contributed by atoms with van der Waals surface area (Å²) >= 11 is 0. The number of nitrogens with two attached hydrogens (primary N) is 1. The molecule has 0 aliphatic rings. The number of fused-ring (bicyclic) bond motifs is 1. The molecule has 0 saturated carbocycles. The maximum atomic E-state index is 5.91. The van der Waals surface area contributed by atoms with Crippen LogP contribution < -0.4 is 10.5 Å². The number of nitrogens with one attached hydrogen (secondary N) is 1. The van der Waals surface area contributed by atoms with Gasteiger partial charge in [-0.2, -0.15) is 0 Å². The zero-order valence-electron chi connectivity index (χ0n) is 16.1. The average Bonchev–Trinajstić information content (AvgIpc) is 3.01. The highest BCUT2D eigenvalue weighted by atomic mass is 16.5. The van der Waals surface area contributed by atoms with Crippen LogP contribution in [0.3, 0.4) is 0 Å². The molecule has 3 N–H and O–H groups in total. The molecule has 26 heavy (non-hydrogen) atoms. The predicted molar refractivity (Wildman–Crippen MR) is 111 cm³/mol. The summed E-state index contributed by atoms with van der Waals surface area (Å²) in [6.07, 6.45) is 3.16. The van der Waals surface area contributed by atoms with Gasteiger partial charge in [0.05, 0.1) is 12.3 Å². The molecule has 0 bridgehead atoms. The van der Waals surface area contributed by atoms with Gasteiger partial charge in [0.15, 0.2) is 0 Å². The Morgan fingerprint density at radius 1 is 1.04 bits per heavy atom. The van der Waals surface area contributed by atoms with Crippen molar-refractivity contribution in [1.29, 1.82) is 0 Å². The Morgan fingerprint density at radius 2 is 1.85 bits per heavy atom. The number of H-pyrrole nitrogens is 1. The van der Waals surface area contributed by atoms with Crippen LogP contribution in [0.4, 0.5) is 0 Å². The van der Waals surface area contributed by atoms with Crippen LogP contribution in [0.25, 0.3) is 22.2 Å². The van der Waals surface area contributed by atoms with Gasteiger partial charge in [-0.1, -0.05) is 44.2 Å². The zero-order chi connectivity index (χ0) is 18.5. The van der Waals surface area contributed by atoms with Gasteiger partial charge >= 0.3 is 0 Å².